The standard InChI is InChI=1S/C12H14F3N5O2/c13-12(14,15)4-3-8-11(17-5-10(21)19-22)20-6-7(16)1-2-9(20)18-8/h1-2,6,17,22H,3-5,16H2,(H,19,21). The fourth-order valence-electron chi connectivity index (χ4n) is 1.93. The van der Waals surface area contributed by atoms with E-state index in [1.54, 1.807) is 12.1 Å². The zero-order chi connectivity index (χ0) is 16.3. The number of amides is 1. The molecule has 2 heterocycles. The van der Waals surface area contributed by atoms with Crippen molar-refractivity contribution in [2.24, 2.45) is 0 Å². The first-order valence-corrected chi connectivity index (χ1v) is 6.30. The Morgan fingerprint density at radius 2 is 2.14 bits per heavy atom. The number of anilines is 2. The van der Waals surface area contributed by atoms with Crippen LogP contribution in [-0.2, 0) is 11.2 Å². The first-order valence-electron chi connectivity index (χ1n) is 6.30. The summed E-state index contributed by atoms with van der Waals surface area (Å²) >= 11 is 0. The normalized spacial score (nSPS) is 11.6. The van der Waals surface area contributed by atoms with Crippen molar-refractivity contribution in [1.82, 2.24) is 14.9 Å². The number of nitrogens with two attached hydrogens (primary N) is 1. The molecule has 0 aliphatic heterocycles. The number of halogens is 3. The van der Waals surface area contributed by atoms with Gasteiger partial charge in [0.2, 0.25) is 0 Å². The van der Waals surface area contributed by atoms with Crippen LogP contribution in [0.25, 0.3) is 5.65 Å². The van der Waals surface area contributed by atoms with E-state index in [1.165, 1.54) is 16.1 Å². The van der Waals surface area contributed by atoms with Gasteiger partial charge in [-0.1, -0.05) is 0 Å². The summed E-state index contributed by atoms with van der Waals surface area (Å²) in [6.45, 7) is -0.321. The highest BCUT2D eigenvalue weighted by Crippen LogP contribution is 2.26. The Bertz CT molecular complexity index is 683. The van der Waals surface area contributed by atoms with E-state index in [0.717, 1.165) is 0 Å². The van der Waals surface area contributed by atoms with Crippen LogP contribution in [0, 0.1) is 0 Å². The summed E-state index contributed by atoms with van der Waals surface area (Å²) in [6, 6.07) is 3.13. The van der Waals surface area contributed by atoms with Crippen LogP contribution in [0.5, 0.6) is 0 Å². The maximum Gasteiger partial charge on any atom is 0.389 e. The molecule has 22 heavy (non-hydrogen) atoms. The van der Waals surface area contributed by atoms with Gasteiger partial charge < -0.3 is 11.1 Å². The van der Waals surface area contributed by atoms with Crippen LogP contribution in [0.1, 0.15) is 12.1 Å². The number of nitrogens with zero attached hydrogens (tertiary/aromatic N) is 2. The minimum absolute atomic E-state index is 0.161. The molecule has 0 spiro atoms. The van der Waals surface area contributed by atoms with Gasteiger partial charge in [0.25, 0.3) is 5.91 Å². The number of carbonyl (C=O) groups is 1. The Hall–Kier alpha value is -2.49. The third-order valence-electron chi connectivity index (χ3n) is 2.90. The highest BCUT2D eigenvalue weighted by Gasteiger charge is 2.28. The second kappa shape index (κ2) is 6.10. The molecule has 10 heteroatoms. The maximum atomic E-state index is 12.4. The third-order valence-corrected chi connectivity index (χ3v) is 2.90. The molecule has 2 rings (SSSR count). The Balaban J connectivity index is 2.33. The number of aryl methyl sites for hydroxylation is 1. The van der Waals surface area contributed by atoms with Crippen molar-refractivity contribution in [2.75, 3.05) is 17.6 Å². The van der Waals surface area contributed by atoms with Gasteiger partial charge >= 0.3 is 6.18 Å². The van der Waals surface area contributed by atoms with Gasteiger partial charge in [-0.05, 0) is 12.1 Å². The van der Waals surface area contributed by atoms with E-state index in [9.17, 15) is 18.0 Å². The Kier molecular flexibility index (Phi) is 4.40. The van der Waals surface area contributed by atoms with Crippen LogP contribution in [0.4, 0.5) is 24.7 Å². The summed E-state index contributed by atoms with van der Waals surface area (Å²) in [5.74, 6) is -0.504. The lowest BCUT2D eigenvalue weighted by molar-refractivity contribution is -0.134. The van der Waals surface area contributed by atoms with Crippen molar-refractivity contribution < 1.29 is 23.2 Å². The van der Waals surface area contributed by atoms with E-state index in [-0.39, 0.29) is 24.5 Å². The lowest BCUT2D eigenvalue weighted by Crippen LogP contribution is -2.27. The largest absolute Gasteiger partial charge is 0.398 e. The lowest BCUT2D eigenvalue weighted by Gasteiger charge is -2.09. The van der Waals surface area contributed by atoms with Crippen LogP contribution in [0.2, 0.25) is 0 Å². The first-order chi connectivity index (χ1) is 10.3. The number of rotatable bonds is 5. The molecule has 0 aliphatic rings. The average Bonchev–Trinajstić information content (AvgIpc) is 2.79. The monoisotopic (exact) mass is 317 g/mol. The number of nitrogen functional groups attached to an aromatic ring is 1. The maximum absolute atomic E-state index is 12.4. The summed E-state index contributed by atoms with van der Waals surface area (Å²) in [7, 11) is 0. The van der Waals surface area contributed by atoms with E-state index in [0.29, 0.717) is 11.3 Å². The highest BCUT2D eigenvalue weighted by atomic mass is 19.4. The molecule has 0 saturated heterocycles. The first kappa shape index (κ1) is 15.9. The Morgan fingerprint density at radius 1 is 1.41 bits per heavy atom. The van der Waals surface area contributed by atoms with E-state index in [1.807, 2.05) is 0 Å². The SMILES string of the molecule is Nc1ccc2nc(CCC(F)(F)F)c(NCC(=O)NO)n2c1. The fraction of sp³-hybridized carbons (Fsp3) is 0.333. The minimum Gasteiger partial charge on any atom is -0.398 e. The quantitative estimate of drug-likeness (QED) is 0.492. The Morgan fingerprint density at radius 3 is 2.77 bits per heavy atom. The van der Waals surface area contributed by atoms with E-state index in [4.69, 9.17) is 10.9 Å². The molecule has 2 aromatic rings. The average molecular weight is 317 g/mol. The molecule has 0 saturated carbocycles. The van der Waals surface area contributed by atoms with Gasteiger partial charge in [-0.3, -0.25) is 14.4 Å². The summed E-state index contributed by atoms with van der Waals surface area (Å²) < 4.78 is 38.6. The van der Waals surface area contributed by atoms with Crippen LogP contribution >= 0.6 is 0 Å². The number of hydrogen-bond donors (Lipinski definition) is 4. The number of imidazole rings is 1. The smallest absolute Gasteiger partial charge is 0.389 e. The number of aromatic nitrogens is 2. The molecule has 0 aromatic carbocycles. The molecule has 0 fully saturated rings. The molecule has 7 nitrogen and oxygen atoms in total. The number of nitrogens with one attached hydrogen (secondary N) is 2. The topological polar surface area (TPSA) is 105 Å². The number of hydroxylamine groups is 1. The van der Waals surface area contributed by atoms with E-state index < -0.39 is 18.5 Å². The predicted octanol–water partition coefficient (Wildman–Crippen LogP) is 1.33. The molecule has 0 bridgehead atoms. The number of pyridine rings is 1. The second-order valence-electron chi connectivity index (χ2n) is 4.60. The van der Waals surface area contributed by atoms with Crippen molar-refractivity contribution >= 4 is 23.1 Å². The van der Waals surface area contributed by atoms with Crippen LogP contribution in [0.15, 0.2) is 18.3 Å². The van der Waals surface area contributed by atoms with Crippen LogP contribution in [-0.4, -0.2) is 33.2 Å². The highest BCUT2D eigenvalue weighted by molar-refractivity contribution is 5.79. The van der Waals surface area contributed by atoms with Gasteiger partial charge in [-0.2, -0.15) is 13.2 Å². The third kappa shape index (κ3) is 3.79. The van der Waals surface area contributed by atoms with Crippen LogP contribution < -0.4 is 16.5 Å². The van der Waals surface area contributed by atoms with Crippen LogP contribution in [0.3, 0.4) is 0 Å². The summed E-state index contributed by atoms with van der Waals surface area (Å²) in [6.07, 6.45) is -4.20. The fourth-order valence-corrected chi connectivity index (χ4v) is 1.93. The van der Waals surface area contributed by atoms with Gasteiger partial charge in [0.1, 0.15) is 11.5 Å². The molecule has 0 unspecified atom stereocenters. The molecule has 0 atom stereocenters. The summed E-state index contributed by atoms with van der Waals surface area (Å²) in [5, 5.41) is 11.1. The second-order valence-corrected chi connectivity index (χ2v) is 4.60. The molecule has 0 radical (unpaired) electrons. The van der Waals surface area contributed by atoms with Crippen molar-refractivity contribution in [2.45, 2.75) is 19.0 Å². The number of fused-ring (bicyclic) bond motifs is 1. The van der Waals surface area contributed by atoms with E-state index in [2.05, 4.69) is 10.3 Å². The predicted molar refractivity (Wildman–Crippen MR) is 72.4 cm³/mol. The number of carbonyl (C=O) groups excluding carboxylic acids is 1. The molecule has 120 valence electrons. The molecule has 0 aliphatic carbocycles. The van der Waals surface area contributed by atoms with Gasteiger partial charge in [-0.25, -0.2) is 10.5 Å². The lowest BCUT2D eigenvalue weighted by atomic mass is 10.2. The van der Waals surface area contributed by atoms with Gasteiger partial charge in [-0.15, -0.1) is 0 Å². The molecule has 5 N–H and O–H groups in total. The molecular weight excluding hydrogens is 303 g/mol. The molecular formula is C12H14F3N5O2. The van der Waals surface area contributed by atoms with Gasteiger partial charge in [0.15, 0.2) is 0 Å². The van der Waals surface area contributed by atoms with Gasteiger partial charge in [0, 0.05) is 24.7 Å². The van der Waals surface area contributed by atoms with E-state index >= 15 is 0 Å². The Labute approximate surface area is 122 Å². The van der Waals surface area contributed by atoms with Crippen molar-refractivity contribution in [1.29, 1.82) is 0 Å². The minimum atomic E-state index is -4.31. The van der Waals surface area contributed by atoms with Crippen molar-refractivity contribution in [3.8, 4) is 0 Å². The number of hydrogen-bond acceptors (Lipinski definition) is 5. The zero-order valence-electron chi connectivity index (χ0n) is 11.3. The zero-order valence-corrected chi connectivity index (χ0v) is 11.3. The molecule has 1 amide bonds. The summed E-state index contributed by atoms with van der Waals surface area (Å²) in [4.78, 5) is 15.2. The van der Waals surface area contributed by atoms with Gasteiger partial charge in [0.05, 0.1) is 12.2 Å². The number of alkyl halides is 3. The molecule has 2 aromatic heterocycles. The summed E-state index contributed by atoms with van der Waals surface area (Å²) in [5.41, 5.74) is 8.03. The van der Waals surface area contributed by atoms with Crippen molar-refractivity contribution in [3.63, 3.8) is 0 Å². The van der Waals surface area contributed by atoms with Crippen molar-refractivity contribution in [3.05, 3.63) is 24.0 Å².